The second kappa shape index (κ2) is 6.24. The van der Waals surface area contributed by atoms with Crippen molar-refractivity contribution in [2.45, 2.75) is 17.7 Å². The summed E-state index contributed by atoms with van der Waals surface area (Å²) in [5.74, 6) is 0.778. The fourth-order valence-electron chi connectivity index (χ4n) is 2.30. The Bertz CT molecular complexity index is 757. The molecular weight excluding hydrogens is 324 g/mol. The summed E-state index contributed by atoms with van der Waals surface area (Å²) in [6.45, 7) is 1.14. The van der Waals surface area contributed by atoms with Crippen LogP contribution in [0.15, 0.2) is 47.5 Å². The molecule has 1 aromatic carbocycles. The normalized spacial score (nSPS) is 15.9. The molecule has 0 radical (unpaired) electrons. The molecule has 116 valence electrons. The Labute approximate surface area is 134 Å². The van der Waals surface area contributed by atoms with E-state index in [9.17, 15) is 8.42 Å². The first-order valence-corrected chi connectivity index (χ1v) is 8.78. The van der Waals surface area contributed by atoms with E-state index in [-0.39, 0.29) is 4.90 Å². The summed E-state index contributed by atoms with van der Waals surface area (Å²) in [6, 6.07) is 10.1. The van der Waals surface area contributed by atoms with Gasteiger partial charge in [-0.1, -0.05) is 23.7 Å². The number of para-hydroxylation sites is 1. The van der Waals surface area contributed by atoms with Crippen molar-refractivity contribution in [1.82, 2.24) is 9.29 Å². The molecule has 2 heterocycles. The minimum atomic E-state index is -3.45. The summed E-state index contributed by atoms with van der Waals surface area (Å²) in [4.78, 5) is 4.25. The van der Waals surface area contributed by atoms with Crippen molar-refractivity contribution in [1.29, 1.82) is 0 Å². The molecule has 22 heavy (non-hydrogen) atoms. The first kappa shape index (κ1) is 15.3. The molecule has 2 aromatic rings. The molecular formula is C15H15ClN2O3S. The summed E-state index contributed by atoms with van der Waals surface area (Å²) in [6.07, 6.45) is 3.13. The van der Waals surface area contributed by atoms with E-state index in [1.54, 1.807) is 24.3 Å². The zero-order chi connectivity index (χ0) is 15.6. The molecule has 0 N–H and O–H groups in total. The highest BCUT2D eigenvalue weighted by molar-refractivity contribution is 7.89. The lowest BCUT2D eigenvalue weighted by Crippen LogP contribution is -2.27. The first-order chi connectivity index (χ1) is 10.6. The van der Waals surface area contributed by atoms with Crippen LogP contribution in [0.3, 0.4) is 0 Å². The first-order valence-electron chi connectivity index (χ1n) is 6.96. The van der Waals surface area contributed by atoms with Gasteiger partial charge in [0.1, 0.15) is 10.6 Å². The van der Waals surface area contributed by atoms with Gasteiger partial charge in [0.15, 0.2) is 0 Å². The number of sulfonamides is 1. The smallest absolute Gasteiger partial charge is 0.244 e. The van der Waals surface area contributed by atoms with E-state index in [1.165, 1.54) is 22.6 Å². The second-order valence-corrected chi connectivity index (χ2v) is 7.32. The summed E-state index contributed by atoms with van der Waals surface area (Å²) >= 11 is 6.01. The Hall–Kier alpha value is -1.63. The summed E-state index contributed by atoms with van der Waals surface area (Å²) < 4.78 is 31.8. The van der Waals surface area contributed by atoms with Gasteiger partial charge in [0.05, 0.1) is 11.2 Å². The average molecular weight is 339 g/mol. The van der Waals surface area contributed by atoms with Crippen LogP contribution in [-0.4, -0.2) is 30.8 Å². The van der Waals surface area contributed by atoms with Crippen molar-refractivity contribution in [2.75, 3.05) is 13.1 Å². The zero-order valence-electron chi connectivity index (χ0n) is 11.8. The molecule has 1 saturated heterocycles. The Balaban J connectivity index is 1.80. The van der Waals surface area contributed by atoms with Crippen molar-refractivity contribution in [3.63, 3.8) is 0 Å². The number of halogens is 1. The van der Waals surface area contributed by atoms with Crippen LogP contribution in [0, 0.1) is 0 Å². The van der Waals surface area contributed by atoms with E-state index in [0.717, 1.165) is 12.8 Å². The van der Waals surface area contributed by atoms with Crippen LogP contribution in [-0.2, 0) is 10.0 Å². The minimum Gasteiger partial charge on any atom is -0.437 e. The largest absolute Gasteiger partial charge is 0.437 e. The monoisotopic (exact) mass is 338 g/mol. The van der Waals surface area contributed by atoms with Gasteiger partial charge in [0, 0.05) is 19.2 Å². The maximum Gasteiger partial charge on any atom is 0.244 e. The predicted octanol–water partition coefficient (Wildman–Crippen LogP) is 3.31. The fourth-order valence-corrected chi connectivity index (χ4v) is 3.93. The number of hydrogen-bond donors (Lipinski definition) is 0. The lowest BCUT2D eigenvalue weighted by atomic mass is 10.3. The summed E-state index contributed by atoms with van der Waals surface area (Å²) in [7, 11) is -3.45. The lowest BCUT2D eigenvalue weighted by molar-refractivity contribution is 0.460. The second-order valence-electron chi connectivity index (χ2n) is 4.98. The van der Waals surface area contributed by atoms with Crippen LogP contribution in [0.4, 0.5) is 0 Å². The average Bonchev–Trinajstić information content (AvgIpc) is 3.05. The van der Waals surface area contributed by atoms with Gasteiger partial charge in [0.25, 0.3) is 0 Å². The van der Waals surface area contributed by atoms with Gasteiger partial charge in [0.2, 0.25) is 15.9 Å². The van der Waals surface area contributed by atoms with E-state index in [0.29, 0.717) is 29.7 Å². The number of ether oxygens (including phenoxy) is 1. The van der Waals surface area contributed by atoms with Crippen LogP contribution < -0.4 is 4.74 Å². The Morgan fingerprint density at radius 3 is 2.45 bits per heavy atom. The van der Waals surface area contributed by atoms with Gasteiger partial charge in [-0.15, -0.1) is 0 Å². The van der Waals surface area contributed by atoms with Gasteiger partial charge in [-0.3, -0.25) is 0 Å². The number of aromatic nitrogens is 1. The van der Waals surface area contributed by atoms with Crippen LogP contribution in [0.5, 0.6) is 11.6 Å². The van der Waals surface area contributed by atoms with E-state index in [4.69, 9.17) is 16.3 Å². The van der Waals surface area contributed by atoms with Crippen molar-refractivity contribution in [3.05, 3.63) is 47.6 Å². The Morgan fingerprint density at radius 1 is 1.09 bits per heavy atom. The highest BCUT2D eigenvalue weighted by atomic mass is 35.5. The Morgan fingerprint density at radius 2 is 1.82 bits per heavy atom. The fraction of sp³-hybridized carbons (Fsp3) is 0.267. The maximum absolute atomic E-state index is 12.4. The van der Waals surface area contributed by atoms with Crippen LogP contribution in [0.1, 0.15) is 12.8 Å². The number of benzene rings is 1. The van der Waals surface area contributed by atoms with Crippen molar-refractivity contribution >= 4 is 21.6 Å². The highest BCUT2D eigenvalue weighted by Crippen LogP contribution is 2.28. The van der Waals surface area contributed by atoms with Crippen molar-refractivity contribution < 1.29 is 13.2 Å². The van der Waals surface area contributed by atoms with Crippen LogP contribution in [0.25, 0.3) is 0 Å². The summed E-state index contributed by atoms with van der Waals surface area (Å²) in [5.41, 5.74) is 0. The molecule has 1 aliphatic rings. The van der Waals surface area contributed by atoms with Gasteiger partial charge in [-0.25, -0.2) is 13.4 Å². The van der Waals surface area contributed by atoms with Gasteiger partial charge >= 0.3 is 0 Å². The molecule has 1 aromatic heterocycles. The number of pyridine rings is 1. The minimum absolute atomic E-state index is 0.181. The van der Waals surface area contributed by atoms with Gasteiger partial charge in [-0.2, -0.15) is 4.31 Å². The quantitative estimate of drug-likeness (QED) is 0.858. The molecule has 3 rings (SSSR count). The molecule has 0 amide bonds. The van der Waals surface area contributed by atoms with E-state index >= 15 is 0 Å². The molecule has 0 atom stereocenters. The molecule has 0 aliphatic carbocycles. The van der Waals surface area contributed by atoms with Crippen molar-refractivity contribution in [2.24, 2.45) is 0 Å². The highest BCUT2D eigenvalue weighted by Gasteiger charge is 2.27. The molecule has 5 nitrogen and oxygen atoms in total. The lowest BCUT2D eigenvalue weighted by Gasteiger charge is -2.15. The third-order valence-electron chi connectivity index (χ3n) is 3.46. The topological polar surface area (TPSA) is 59.5 Å². The number of rotatable bonds is 4. The number of hydrogen-bond acceptors (Lipinski definition) is 4. The molecule has 0 bridgehead atoms. The molecule has 0 spiro atoms. The molecule has 1 fully saturated rings. The molecule has 1 aliphatic heterocycles. The number of nitrogens with zero attached hydrogens (tertiary/aromatic N) is 2. The Kier molecular flexibility index (Phi) is 4.33. The van der Waals surface area contributed by atoms with Crippen LogP contribution in [0.2, 0.25) is 5.02 Å². The molecule has 7 heteroatoms. The SMILES string of the molecule is O=S(=O)(c1ccc(Oc2ccccc2Cl)nc1)N1CCCC1. The van der Waals surface area contributed by atoms with E-state index < -0.39 is 10.0 Å². The van der Waals surface area contributed by atoms with Crippen molar-refractivity contribution in [3.8, 4) is 11.6 Å². The predicted molar refractivity (Wildman–Crippen MR) is 83.8 cm³/mol. The van der Waals surface area contributed by atoms with Crippen LogP contribution >= 0.6 is 11.6 Å². The van der Waals surface area contributed by atoms with Gasteiger partial charge < -0.3 is 4.74 Å². The van der Waals surface area contributed by atoms with E-state index in [2.05, 4.69) is 4.98 Å². The third-order valence-corrected chi connectivity index (χ3v) is 5.66. The molecule has 0 saturated carbocycles. The zero-order valence-corrected chi connectivity index (χ0v) is 13.3. The maximum atomic E-state index is 12.4. The summed E-state index contributed by atoms with van der Waals surface area (Å²) in [5, 5.41) is 0.470. The third kappa shape index (κ3) is 3.09. The molecule has 0 unspecified atom stereocenters. The van der Waals surface area contributed by atoms with E-state index in [1.807, 2.05) is 0 Å². The van der Waals surface area contributed by atoms with Gasteiger partial charge in [-0.05, 0) is 31.0 Å². The standard InChI is InChI=1S/C15H15ClN2O3S/c16-13-5-1-2-6-14(13)21-15-8-7-12(11-17-15)22(19,20)18-9-3-4-10-18/h1-2,5-8,11H,3-4,9-10H2.